The van der Waals surface area contributed by atoms with Gasteiger partial charge in [0.05, 0.1) is 32.3 Å². The van der Waals surface area contributed by atoms with Gasteiger partial charge >= 0.3 is 0 Å². The summed E-state index contributed by atoms with van der Waals surface area (Å²) < 4.78 is 0. The van der Waals surface area contributed by atoms with Crippen LogP contribution in [0.15, 0.2) is 21.9 Å². The third kappa shape index (κ3) is 7.24. The second kappa shape index (κ2) is 15.4. The second-order valence-corrected chi connectivity index (χ2v) is 12.7. The summed E-state index contributed by atoms with van der Waals surface area (Å²) >= 11 is 16.9. The molecule has 8 heteroatoms. The molecule has 208 valence electrons. The van der Waals surface area contributed by atoms with Crippen LogP contribution < -0.4 is 0 Å². The Bertz CT molecular complexity index is 1060. The van der Waals surface area contributed by atoms with Crippen molar-refractivity contribution < 1.29 is 19.8 Å². The maximum atomic E-state index is 13.5. The largest absolute Gasteiger partial charge is 0.507 e. The van der Waals surface area contributed by atoms with Crippen molar-refractivity contribution in [1.82, 2.24) is 0 Å². The Morgan fingerprint density at radius 3 is 1.29 bits per heavy atom. The van der Waals surface area contributed by atoms with E-state index in [9.17, 15) is 19.8 Å². The maximum Gasteiger partial charge on any atom is 0.199 e. The number of hydrogen-bond donors (Lipinski definition) is 2. The minimum Gasteiger partial charge on any atom is -0.507 e. The third-order valence-corrected chi connectivity index (χ3v) is 10.3. The van der Waals surface area contributed by atoms with Gasteiger partial charge in [-0.05, 0) is 36.5 Å². The van der Waals surface area contributed by atoms with Gasteiger partial charge in [0, 0.05) is 9.79 Å². The molecule has 0 atom stereocenters. The Morgan fingerprint density at radius 2 is 0.921 bits per heavy atom. The van der Waals surface area contributed by atoms with Crippen molar-refractivity contribution in [3.05, 3.63) is 44.4 Å². The van der Waals surface area contributed by atoms with Gasteiger partial charge in [-0.3, -0.25) is 9.59 Å². The summed E-state index contributed by atoms with van der Waals surface area (Å²) in [4.78, 5) is 28.5. The molecule has 2 aromatic rings. The number of hydrogen-bond acceptors (Lipinski definition) is 6. The van der Waals surface area contributed by atoms with E-state index in [2.05, 4.69) is 13.8 Å². The van der Waals surface area contributed by atoms with Crippen LogP contribution in [-0.4, -0.2) is 33.3 Å². The predicted octanol–water partition coefficient (Wildman–Crippen LogP) is 10.1. The highest BCUT2D eigenvalue weighted by atomic mass is 35.5. The highest BCUT2D eigenvalue weighted by Gasteiger charge is 2.40. The zero-order valence-corrected chi connectivity index (χ0v) is 25.5. The van der Waals surface area contributed by atoms with Crippen LogP contribution in [0.25, 0.3) is 0 Å². The van der Waals surface area contributed by atoms with E-state index in [1.807, 2.05) is 0 Å². The Balaban J connectivity index is 1.91. The molecule has 0 unspecified atom stereocenters. The van der Waals surface area contributed by atoms with Gasteiger partial charge in [0.2, 0.25) is 0 Å². The Labute approximate surface area is 245 Å². The second-order valence-electron chi connectivity index (χ2n) is 9.78. The summed E-state index contributed by atoms with van der Waals surface area (Å²) in [5.74, 6) is -0.256. The van der Waals surface area contributed by atoms with Crippen LogP contribution in [0.3, 0.4) is 0 Å². The molecule has 0 aromatic heterocycles. The Morgan fingerprint density at radius 1 is 0.579 bits per heavy atom. The molecule has 1 aliphatic carbocycles. The van der Waals surface area contributed by atoms with Gasteiger partial charge < -0.3 is 10.2 Å². The van der Waals surface area contributed by atoms with Crippen LogP contribution in [0.2, 0.25) is 10.0 Å². The zero-order chi connectivity index (χ0) is 27.7. The van der Waals surface area contributed by atoms with Crippen LogP contribution >= 0.6 is 46.7 Å². The summed E-state index contributed by atoms with van der Waals surface area (Å²) in [6.45, 7) is 4.40. The van der Waals surface area contributed by atoms with Crippen molar-refractivity contribution in [3.8, 4) is 11.5 Å². The summed E-state index contributed by atoms with van der Waals surface area (Å²) in [5, 5.41) is 21.2. The smallest absolute Gasteiger partial charge is 0.199 e. The molecule has 0 amide bonds. The van der Waals surface area contributed by atoms with Crippen LogP contribution in [0.4, 0.5) is 0 Å². The molecule has 4 nitrogen and oxygen atoms in total. The SMILES string of the molecule is CCCCCCCCSc1c(Cl)c2c(c(Cl)c1SCCCCCCCC)C(=O)c1c(O)ccc(O)c1C2=O. The number of ketones is 2. The van der Waals surface area contributed by atoms with Gasteiger partial charge in [0.15, 0.2) is 11.6 Å². The fourth-order valence-electron chi connectivity index (χ4n) is 4.73. The number of phenols is 2. The molecular formula is C30H38Cl2O4S2. The van der Waals surface area contributed by atoms with E-state index in [4.69, 9.17) is 23.2 Å². The Hall–Kier alpha value is -1.34. The van der Waals surface area contributed by atoms with Gasteiger partial charge in [-0.1, -0.05) is 101 Å². The van der Waals surface area contributed by atoms with E-state index in [1.165, 1.54) is 63.5 Å². The molecular weight excluding hydrogens is 559 g/mol. The monoisotopic (exact) mass is 596 g/mol. The van der Waals surface area contributed by atoms with E-state index < -0.39 is 11.6 Å². The molecule has 2 aromatic carbocycles. The first-order chi connectivity index (χ1) is 18.3. The van der Waals surface area contributed by atoms with Gasteiger partial charge in [-0.25, -0.2) is 0 Å². The first kappa shape index (κ1) is 31.2. The normalized spacial score (nSPS) is 12.6. The molecule has 0 saturated carbocycles. The maximum absolute atomic E-state index is 13.5. The van der Waals surface area contributed by atoms with Gasteiger partial charge in [-0.2, -0.15) is 0 Å². The summed E-state index contributed by atoms with van der Waals surface area (Å²) in [7, 11) is 0. The topological polar surface area (TPSA) is 74.6 Å². The van der Waals surface area contributed by atoms with Crippen molar-refractivity contribution >= 4 is 58.3 Å². The van der Waals surface area contributed by atoms with Crippen molar-refractivity contribution in [1.29, 1.82) is 0 Å². The number of halogens is 2. The van der Waals surface area contributed by atoms with Crippen molar-refractivity contribution in [3.63, 3.8) is 0 Å². The number of phenolic OH excluding ortho intramolecular Hbond substituents is 2. The van der Waals surface area contributed by atoms with Crippen LogP contribution in [0.5, 0.6) is 11.5 Å². The van der Waals surface area contributed by atoms with Crippen LogP contribution in [0, 0.1) is 0 Å². The molecule has 0 saturated heterocycles. The quantitative estimate of drug-likeness (QED) is 0.0972. The number of thioether (sulfide) groups is 2. The van der Waals surface area contributed by atoms with Crippen molar-refractivity contribution in [2.24, 2.45) is 0 Å². The van der Waals surface area contributed by atoms with E-state index in [-0.39, 0.29) is 43.8 Å². The predicted molar refractivity (Wildman–Crippen MR) is 161 cm³/mol. The lowest BCUT2D eigenvalue weighted by Gasteiger charge is -2.25. The molecule has 0 aliphatic heterocycles. The molecule has 1 aliphatic rings. The molecule has 2 N–H and O–H groups in total. The summed E-state index contributed by atoms with van der Waals surface area (Å²) in [5.41, 5.74) is -0.409. The first-order valence-electron chi connectivity index (χ1n) is 13.8. The van der Waals surface area contributed by atoms with E-state index in [0.717, 1.165) is 47.0 Å². The molecule has 0 heterocycles. The van der Waals surface area contributed by atoms with Gasteiger partial charge in [0.1, 0.15) is 11.5 Å². The molecule has 0 spiro atoms. The minimum atomic E-state index is -0.594. The van der Waals surface area contributed by atoms with Crippen molar-refractivity contribution in [2.75, 3.05) is 11.5 Å². The molecule has 0 bridgehead atoms. The minimum absolute atomic E-state index is 0.0180. The van der Waals surface area contributed by atoms with Crippen LogP contribution in [-0.2, 0) is 0 Å². The molecule has 0 fully saturated rings. The number of aromatic hydroxyl groups is 2. The third-order valence-electron chi connectivity index (χ3n) is 6.85. The number of fused-ring (bicyclic) bond motifs is 2. The number of benzene rings is 2. The van der Waals surface area contributed by atoms with E-state index >= 15 is 0 Å². The number of rotatable bonds is 16. The lowest BCUT2D eigenvalue weighted by molar-refractivity contribution is 0.0974. The highest BCUT2D eigenvalue weighted by molar-refractivity contribution is 8.02. The van der Waals surface area contributed by atoms with Gasteiger partial charge in [-0.15, -0.1) is 23.5 Å². The van der Waals surface area contributed by atoms with Gasteiger partial charge in [0.25, 0.3) is 0 Å². The lowest BCUT2D eigenvalue weighted by atomic mass is 9.83. The molecule has 38 heavy (non-hydrogen) atoms. The fraction of sp³-hybridized carbons (Fsp3) is 0.533. The first-order valence-corrected chi connectivity index (χ1v) is 16.5. The zero-order valence-electron chi connectivity index (χ0n) is 22.3. The highest BCUT2D eigenvalue weighted by Crippen LogP contribution is 2.50. The van der Waals surface area contributed by atoms with E-state index in [1.54, 1.807) is 23.5 Å². The Kier molecular flexibility index (Phi) is 12.7. The van der Waals surface area contributed by atoms with E-state index in [0.29, 0.717) is 0 Å². The number of unbranched alkanes of at least 4 members (excludes halogenated alkanes) is 10. The fourth-order valence-corrected chi connectivity index (χ4v) is 8.11. The summed E-state index contributed by atoms with van der Waals surface area (Å²) in [6.07, 6.45) is 14.1. The average Bonchev–Trinajstić information content (AvgIpc) is 2.90. The molecule has 0 radical (unpaired) electrons. The van der Waals surface area contributed by atoms with Crippen molar-refractivity contribution in [2.45, 2.75) is 101 Å². The summed E-state index contributed by atoms with van der Waals surface area (Å²) in [6, 6.07) is 2.41. The standard InChI is InChI=1S/C30H38Cl2O4S2/c1-3-5-7-9-11-13-17-37-29-25(31)23-24(26(32)30(29)38-18-14-12-10-8-6-4-2)28(36)22-20(34)16-15-19(33)21(22)27(23)35/h15-16,33-34H,3-14,17-18H2,1-2H3. The average molecular weight is 598 g/mol. The lowest BCUT2D eigenvalue weighted by Crippen LogP contribution is -2.23. The van der Waals surface area contributed by atoms with Crippen LogP contribution in [0.1, 0.15) is 123 Å². The number of carbonyl (C=O) groups excluding carboxylic acids is 2. The molecule has 3 rings (SSSR count). The number of carbonyl (C=O) groups is 2.